The van der Waals surface area contributed by atoms with E-state index in [9.17, 15) is 0 Å². The van der Waals surface area contributed by atoms with Gasteiger partial charge in [0, 0.05) is 45.4 Å². The van der Waals surface area contributed by atoms with Gasteiger partial charge in [0.1, 0.15) is 8.24 Å². The second-order valence-electron chi connectivity index (χ2n) is 9.04. The first-order valence-electron chi connectivity index (χ1n) is 12.3. The molecule has 1 heterocycles. The number of unbranched alkanes of at least 4 members (excludes halogenated alkanes) is 1. The molecule has 174 valence electrons. The summed E-state index contributed by atoms with van der Waals surface area (Å²) in [7, 11) is -0.921. The molecule has 1 fully saturated rings. The Balaban J connectivity index is 2.41. The van der Waals surface area contributed by atoms with Crippen LogP contribution in [0.5, 0.6) is 0 Å². The first-order valence-corrected chi connectivity index (χ1v) is 17.4. The van der Waals surface area contributed by atoms with Crippen LogP contribution < -0.4 is 5.32 Å². The number of rotatable bonds is 16. The highest BCUT2D eigenvalue weighted by Crippen LogP contribution is 2.25. The minimum Gasteiger partial charge on any atom is -0.395 e. The van der Waals surface area contributed by atoms with Crippen LogP contribution in [0, 0.1) is 0 Å². The maximum absolute atomic E-state index is 6.58. The van der Waals surface area contributed by atoms with E-state index in [0.29, 0.717) is 0 Å². The van der Waals surface area contributed by atoms with Gasteiger partial charge in [-0.15, -0.1) is 0 Å². The molecule has 1 N–H and O–H groups in total. The Hall–Kier alpha value is 0.234. The molecule has 29 heavy (non-hydrogen) atoms. The lowest BCUT2D eigenvalue weighted by atomic mass is 10.2. The quantitative estimate of drug-likeness (QED) is 0.279. The largest absolute Gasteiger partial charge is 0.395 e. The van der Waals surface area contributed by atoms with Crippen molar-refractivity contribution in [1.29, 1.82) is 0 Å². The van der Waals surface area contributed by atoms with Crippen LogP contribution in [0.25, 0.3) is 0 Å². The van der Waals surface area contributed by atoms with Gasteiger partial charge in [0.2, 0.25) is 0 Å². The molecule has 0 amide bonds. The van der Waals surface area contributed by atoms with E-state index in [-0.39, 0.29) is 6.10 Å². The Kier molecular flexibility index (Phi) is 13.5. The average Bonchev–Trinajstić information content (AvgIpc) is 2.72. The fraction of sp³-hybridized carbons (Fsp3) is 1.00. The molecule has 2 atom stereocenters. The minimum atomic E-state index is -2.08. The van der Waals surface area contributed by atoms with Crippen molar-refractivity contribution in [2.75, 3.05) is 52.9 Å². The number of nitrogens with one attached hydrogen (secondary N) is 1. The Morgan fingerprint density at radius 3 is 2.21 bits per heavy atom. The summed E-state index contributed by atoms with van der Waals surface area (Å²) in [5.74, 6) is 0. The summed E-state index contributed by atoms with van der Waals surface area (Å²) in [5.41, 5.74) is 0. The molecule has 0 aromatic carbocycles. The molecule has 1 aliphatic heterocycles. The Labute approximate surface area is 184 Å². The molecule has 1 saturated heterocycles. The maximum atomic E-state index is 6.58. The van der Waals surface area contributed by atoms with Gasteiger partial charge < -0.3 is 23.6 Å². The van der Waals surface area contributed by atoms with Crippen molar-refractivity contribution in [3.63, 3.8) is 0 Å². The van der Waals surface area contributed by atoms with E-state index in [1.807, 2.05) is 0 Å². The van der Waals surface area contributed by atoms with Crippen LogP contribution in [0.15, 0.2) is 0 Å². The van der Waals surface area contributed by atoms with E-state index >= 15 is 0 Å². The van der Waals surface area contributed by atoms with Gasteiger partial charge in [-0.3, -0.25) is 0 Å². The number of hydrogen-bond acceptors (Lipinski definition) is 5. The van der Waals surface area contributed by atoms with Gasteiger partial charge in [-0.25, -0.2) is 0 Å². The van der Waals surface area contributed by atoms with Crippen LogP contribution in [-0.2, 0) is 8.85 Å². The van der Waals surface area contributed by atoms with Crippen molar-refractivity contribution in [2.45, 2.75) is 90.7 Å². The fourth-order valence-electron chi connectivity index (χ4n) is 4.85. The van der Waals surface area contributed by atoms with Crippen LogP contribution >= 0.6 is 0 Å². The van der Waals surface area contributed by atoms with Crippen molar-refractivity contribution in [1.82, 2.24) is 14.8 Å². The first-order chi connectivity index (χ1) is 13.8. The molecule has 0 aromatic rings. The summed E-state index contributed by atoms with van der Waals surface area (Å²) in [4.78, 5) is 2.55. The minimum absolute atomic E-state index is 0.288. The zero-order chi connectivity index (χ0) is 21.8. The van der Waals surface area contributed by atoms with Crippen LogP contribution in [0.3, 0.4) is 0 Å². The maximum Gasteiger partial charge on any atom is 0.335 e. The third-order valence-electron chi connectivity index (χ3n) is 7.12. The zero-order valence-electron chi connectivity index (χ0n) is 20.7. The van der Waals surface area contributed by atoms with Gasteiger partial charge in [-0.05, 0) is 71.0 Å². The fourth-order valence-corrected chi connectivity index (χ4v) is 11.4. The molecule has 1 rings (SSSR count). The van der Waals surface area contributed by atoms with E-state index in [1.165, 1.54) is 50.6 Å². The van der Waals surface area contributed by atoms with Crippen molar-refractivity contribution >= 4 is 16.8 Å². The molecular weight excluding hydrogens is 394 g/mol. The molecule has 7 heteroatoms. The summed E-state index contributed by atoms with van der Waals surface area (Å²) >= 11 is 0. The summed E-state index contributed by atoms with van der Waals surface area (Å²) < 4.78 is 15.5. The number of piperazine rings is 1. The predicted octanol–water partition coefficient (Wildman–Crippen LogP) is 4.51. The number of hydrogen-bond donors (Lipinski definition) is 1. The molecule has 1 aliphatic rings. The highest BCUT2D eigenvalue weighted by atomic mass is 28.4. The van der Waals surface area contributed by atoms with Crippen molar-refractivity contribution < 1.29 is 8.85 Å². The van der Waals surface area contributed by atoms with E-state index in [4.69, 9.17) is 8.85 Å². The molecule has 0 bridgehead atoms. The molecule has 2 unspecified atom stereocenters. The number of nitrogens with zero attached hydrogens (tertiary/aromatic N) is 2. The smallest absolute Gasteiger partial charge is 0.335 e. The lowest BCUT2D eigenvalue weighted by Gasteiger charge is -2.38. The summed E-state index contributed by atoms with van der Waals surface area (Å²) in [6.45, 7) is 21.5. The Morgan fingerprint density at radius 2 is 1.66 bits per heavy atom. The van der Waals surface area contributed by atoms with Crippen molar-refractivity contribution in [3.05, 3.63) is 0 Å². The predicted molar refractivity (Wildman–Crippen MR) is 132 cm³/mol. The van der Waals surface area contributed by atoms with Crippen LogP contribution in [0.1, 0.15) is 53.9 Å². The average molecular weight is 446 g/mol. The molecule has 0 aromatic heterocycles. The van der Waals surface area contributed by atoms with Crippen molar-refractivity contribution in [3.8, 4) is 0 Å². The normalized spacial score (nSPS) is 19.4. The van der Waals surface area contributed by atoms with E-state index < -0.39 is 16.8 Å². The highest BCUT2D eigenvalue weighted by Gasteiger charge is 2.34. The third kappa shape index (κ3) is 9.50. The third-order valence-corrected chi connectivity index (χ3v) is 16.0. The monoisotopic (exact) mass is 445 g/mol. The Morgan fingerprint density at radius 1 is 1.03 bits per heavy atom. The van der Waals surface area contributed by atoms with E-state index in [2.05, 4.69) is 63.0 Å². The SMILES string of the molecule is CCO[Si](C)(CCCCN(C)[Si](CC)(CC)CC)OC(C)CCN1CCNCC1. The molecule has 0 radical (unpaired) electrons. The zero-order valence-corrected chi connectivity index (χ0v) is 22.7. The second kappa shape index (κ2) is 14.3. The van der Waals surface area contributed by atoms with E-state index in [0.717, 1.165) is 38.7 Å². The topological polar surface area (TPSA) is 37.0 Å². The van der Waals surface area contributed by atoms with Crippen molar-refractivity contribution in [2.24, 2.45) is 0 Å². The summed E-state index contributed by atoms with van der Waals surface area (Å²) in [6, 6.07) is 5.23. The standard InChI is InChI=1S/C22H51N3O2Si2/c1-8-26-28(7,27-22(5)14-18-25-19-15-23-16-20-25)21-13-12-17-24(6)29(9-2,10-3)11-4/h22-23H,8-21H2,1-7H3. The lowest BCUT2D eigenvalue weighted by Crippen LogP contribution is -2.50. The van der Waals surface area contributed by atoms with Crippen LogP contribution in [0.4, 0.5) is 0 Å². The molecule has 0 spiro atoms. The lowest BCUT2D eigenvalue weighted by molar-refractivity contribution is 0.110. The summed E-state index contributed by atoms with van der Waals surface area (Å²) in [6.07, 6.45) is 3.88. The van der Waals surface area contributed by atoms with Crippen LogP contribution in [-0.4, -0.2) is 85.3 Å². The van der Waals surface area contributed by atoms with Gasteiger partial charge in [-0.1, -0.05) is 27.2 Å². The van der Waals surface area contributed by atoms with Gasteiger partial charge in [0.05, 0.1) is 0 Å². The highest BCUT2D eigenvalue weighted by molar-refractivity contribution is 6.76. The van der Waals surface area contributed by atoms with Gasteiger partial charge >= 0.3 is 8.56 Å². The molecule has 5 nitrogen and oxygen atoms in total. The van der Waals surface area contributed by atoms with Gasteiger partial charge in [0.15, 0.2) is 0 Å². The van der Waals surface area contributed by atoms with Gasteiger partial charge in [0.25, 0.3) is 0 Å². The van der Waals surface area contributed by atoms with Crippen LogP contribution in [0.2, 0.25) is 30.7 Å². The second-order valence-corrected chi connectivity index (χ2v) is 17.7. The molecular formula is C22H51N3O2Si2. The van der Waals surface area contributed by atoms with E-state index in [1.54, 1.807) is 0 Å². The van der Waals surface area contributed by atoms with Gasteiger partial charge in [-0.2, -0.15) is 0 Å². The molecule has 0 aliphatic carbocycles. The summed E-state index contributed by atoms with van der Waals surface area (Å²) in [5, 5.41) is 3.43. The molecule has 0 saturated carbocycles. The Bertz CT molecular complexity index is 413. The first kappa shape index (κ1) is 27.3.